The Bertz CT molecular complexity index is 1160. The zero-order valence-electron chi connectivity index (χ0n) is 19.7. The molecular formula is C24H31N7O2. The van der Waals surface area contributed by atoms with Crippen LogP contribution in [0.4, 0.5) is 5.82 Å². The molecule has 2 aromatic heterocycles. The predicted octanol–water partition coefficient (Wildman–Crippen LogP) is 1.89. The van der Waals surface area contributed by atoms with E-state index in [0.717, 1.165) is 17.2 Å². The van der Waals surface area contributed by atoms with E-state index < -0.39 is 0 Å². The van der Waals surface area contributed by atoms with E-state index in [1.165, 1.54) is 4.68 Å². The molecule has 0 radical (unpaired) electrons. The summed E-state index contributed by atoms with van der Waals surface area (Å²) in [5.74, 6) is 0.980. The fraction of sp³-hybridized carbons (Fsp3) is 0.417. The number of hydrogen-bond donors (Lipinski definition) is 0. The number of para-hydroxylation sites is 1. The van der Waals surface area contributed by atoms with E-state index in [2.05, 4.69) is 10.00 Å². The maximum Gasteiger partial charge on any atom is 0.267 e. The van der Waals surface area contributed by atoms with Gasteiger partial charge in [-0.15, -0.1) is 5.10 Å². The number of likely N-dealkylation sites (N-methyl/N-ethyl adjacent to an activating group) is 1. The number of piperazine rings is 1. The van der Waals surface area contributed by atoms with Gasteiger partial charge >= 0.3 is 0 Å². The molecule has 1 fully saturated rings. The Hall–Kier alpha value is -3.46. The molecule has 33 heavy (non-hydrogen) atoms. The Kier molecular flexibility index (Phi) is 6.60. The summed E-state index contributed by atoms with van der Waals surface area (Å²) < 4.78 is 3.36. The third kappa shape index (κ3) is 4.98. The number of carbonyl (C=O) groups is 1. The molecule has 0 spiro atoms. The SMILES string of the molecule is CC(C)n1nc(-c2cc(N3CCN(C(=O)CN(C)C)CC3)nn2-c2ccccc2)ccc1=O. The molecule has 3 aromatic rings. The number of nitrogens with zero attached hydrogens (tertiary/aromatic N) is 7. The Balaban J connectivity index is 1.65. The van der Waals surface area contributed by atoms with Gasteiger partial charge in [-0.3, -0.25) is 9.59 Å². The number of anilines is 1. The Morgan fingerprint density at radius 2 is 1.70 bits per heavy atom. The molecule has 3 heterocycles. The van der Waals surface area contributed by atoms with Crippen molar-refractivity contribution in [2.24, 2.45) is 0 Å². The lowest BCUT2D eigenvalue weighted by Gasteiger charge is -2.35. The van der Waals surface area contributed by atoms with E-state index in [9.17, 15) is 9.59 Å². The first kappa shape index (κ1) is 22.7. The maximum absolute atomic E-state index is 12.4. The number of amides is 1. The van der Waals surface area contributed by atoms with Crippen LogP contribution >= 0.6 is 0 Å². The molecule has 1 saturated heterocycles. The molecule has 0 aliphatic carbocycles. The van der Waals surface area contributed by atoms with E-state index >= 15 is 0 Å². The van der Waals surface area contributed by atoms with Crippen molar-refractivity contribution in [2.45, 2.75) is 19.9 Å². The van der Waals surface area contributed by atoms with Crippen LogP contribution in [0.1, 0.15) is 19.9 Å². The monoisotopic (exact) mass is 449 g/mol. The van der Waals surface area contributed by atoms with Crippen molar-refractivity contribution < 1.29 is 4.79 Å². The quantitative estimate of drug-likeness (QED) is 0.572. The van der Waals surface area contributed by atoms with Gasteiger partial charge in [-0.25, -0.2) is 9.36 Å². The molecule has 9 nitrogen and oxygen atoms in total. The highest BCUT2D eigenvalue weighted by molar-refractivity contribution is 5.78. The van der Waals surface area contributed by atoms with Crippen molar-refractivity contribution in [3.05, 3.63) is 58.9 Å². The average molecular weight is 450 g/mol. The smallest absolute Gasteiger partial charge is 0.267 e. The Labute approximate surface area is 193 Å². The highest BCUT2D eigenvalue weighted by Crippen LogP contribution is 2.27. The first-order chi connectivity index (χ1) is 15.8. The maximum atomic E-state index is 12.4. The Morgan fingerprint density at radius 3 is 2.33 bits per heavy atom. The summed E-state index contributed by atoms with van der Waals surface area (Å²) in [7, 11) is 3.81. The molecule has 4 rings (SSSR count). The molecule has 0 unspecified atom stereocenters. The van der Waals surface area contributed by atoms with Crippen LogP contribution in [-0.4, -0.2) is 82.1 Å². The van der Waals surface area contributed by atoms with Gasteiger partial charge in [0.05, 0.1) is 24.0 Å². The van der Waals surface area contributed by atoms with Gasteiger partial charge in [0.15, 0.2) is 5.82 Å². The lowest BCUT2D eigenvalue weighted by atomic mass is 10.2. The van der Waals surface area contributed by atoms with Gasteiger partial charge in [0.25, 0.3) is 5.56 Å². The third-order valence-electron chi connectivity index (χ3n) is 5.68. The highest BCUT2D eigenvalue weighted by Gasteiger charge is 2.24. The van der Waals surface area contributed by atoms with Crippen molar-refractivity contribution in [2.75, 3.05) is 51.7 Å². The summed E-state index contributed by atoms with van der Waals surface area (Å²) in [6.45, 7) is 7.05. The lowest BCUT2D eigenvalue weighted by molar-refractivity contribution is -0.132. The largest absolute Gasteiger partial charge is 0.352 e. The number of benzene rings is 1. The van der Waals surface area contributed by atoms with Crippen molar-refractivity contribution >= 4 is 11.7 Å². The van der Waals surface area contributed by atoms with Gasteiger partial charge < -0.3 is 14.7 Å². The van der Waals surface area contributed by atoms with Gasteiger partial charge in [-0.2, -0.15) is 5.10 Å². The van der Waals surface area contributed by atoms with Gasteiger partial charge in [0.1, 0.15) is 5.69 Å². The molecule has 0 bridgehead atoms. The zero-order chi connectivity index (χ0) is 23.5. The fourth-order valence-electron chi connectivity index (χ4n) is 3.96. The summed E-state index contributed by atoms with van der Waals surface area (Å²) in [6, 6.07) is 15.2. The van der Waals surface area contributed by atoms with Crippen molar-refractivity contribution in [1.82, 2.24) is 29.4 Å². The van der Waals surface area contributed by atoms with Crippen molar-refractivity contribution in [3.63, 3.8) is 0 Å². The lowest BCUT2D eigenvalue weighted by Crippen LogP contribution is -2.50. The Morgan fingerprint density at radius 1 is 1.00 bits per heavy atom. The minimum absolute atomic E-state index is 0.0437. The molecule has 1 aliphatic heterocycles. The second kappa shape index (κ2) is 9.58. The average Bonchev–Trinajstić information content (AvgIpc) is 3.25. The minimum Gasteiger partial charge on any atom is -0.352 e. The molecule has 1 aromatic carbocycles. The van der Waals surface area contributed by atoms with Crippen LogP contribution in [0.25, 0.3) is 17.1 Å². The third-order valence-corrected chi connectivity index (χ3v) is 5.68. The van der Waals surface area contributed by atoms with E-state index in [-0.39, 0.29) is 17.5 Å². The molecule has 0 saturated carbocycles. The number of hydrogen-bond acceptors (Lipinski definition) is 6. The van der Waals surface area contributed by atoms with Crippen LogP contribution in [0.15, 0.2) is 53.3 Å². The van der Waals surface area contributed by atoms with E-state index in [1.807, 2.05) is 78.8 Å². The normalized spacial score (nSPS) is 14.4. The second-order valence-corrected chi connectivity index (χ2v) is 8.84. The molecule has 174 valence electrons. The van der Waals surface area contributed by atoms with E-state index in [1.54, 1.807) is 12.1 Å². The van der Waals surface area contributed by atoms with Crippen LogP contribution in [0, 0.1) is 0 Å². The number of aromatic nitrogens is 4. The highest BCUT2D eigenvalue weighted by atomic mass is 16.2. The number of carbonyl (C=O) groups excluding carboxylic acids is 1. The van der Waals surface area contributed by atoms with E-state index in [0.29, 0.717) is 38.4 Å². The van der Waals surface area contributed by atoms with Gasteiger partial charge in [0, 0.05) is 38.3 Å². The van der Waals surface area contributed by atoms with Crippen LogP contribution < -0.4 is 10.5 Å². The van der Waals surface area contributed by atoms with Crippen LogP contribution in [0.5, 0.6) is 0 Å². The molecule has 0 N–H and O–H groups in total. The van der Waals surface area contributed by atoms with Gasteiger partial charge in [0.2, 0.25) is 5.91 Å². The van der Waals surface area contributed by atoms with Crippen molar-refractivity contribution in [3.8, 4) is 17.1 Å². The fourth-order valence-corrected chi connectivity index (χ4v) is 3.96. The summed E-state index contributed by atoms with van der Waals surface area (Å²) in [6.07, 6.45) is 0. The van der Waals surface area contributed by atoms with Gasteiger partial charge in [-0.1, -0.05) is 18.2 Å². The molecule has 1 amide bonds. The predicted molar refractivity (Wildman–Crippen MR) is 129 cm³/mol. The molecule has 9 heteroatoms. The van der Waals surface area contributed by atoms with Crippen molar-refractivity contribution in [1.29, 1.82) is 0 Å². The van der Waals surface area contributed by atoms with Crippen LogP contribution in [-0.2, 0) is 4.79 Å². The summed E-state index contributed by atoms with van der Waals surface area (Å²) in [5, 5.41) is 9.52. The first-order valence-electron chi connectivity index (χ1n) is 11.3. The van der Waals surface area contributed by atoms with Crippen LogP contribution in [0.3, 0.4) is 0 Å². The first-order valence-corrected chi connectivity index (χ1v) is 11.3. The van der Waals surface area contributed by atoms with Crippen LogP contribution in [0.2, 0.25) is 0 Å². The standard InChI is InChI=1S/C24H31N7O2/c1-18(2)30-23(32)11-10-20(25-30)21-16-22(26-31(21)19-8-6-5-7-9-19)28-12-14-29(15-13-28)24(33)17-27(3)4/h5-11,16,18H,12-15,17H2,1-4H3. The molecule has 1 aliphatic rings. The zero-order valence-corrected chi connectivity index (χ0v) is 19.7. The summed E-state index contributed by atoms with van der Waals surface area (Å²) in [5.41, 5.74) is 2.29. The molecule has 0 atom stereocenters. The topological polar surface area (TPSA) is 79.5 Å². The second-order valence-electron chi connectivity index (χ2n) is 8.84. The minimum atomic E-state index is -0.127. The molecular weight excluding hydrogens is 418 g/mol. The van der Waals surface area contributed by atoms with E-state index in [4.69, 9.17) is 5.10 Å². The number of rotatable bonds is 6. The summed E-state index contributed by atoms with van der Waals surface area (Å²) in [4.78, 5) is 30.6. The van der Waals surface area contributed by atoms with Gasteiger partial charge in [-0.05, 0) is 46.1 Å². The summed E-state index contributed by atoms with van der Waals surface area (Å²) >= 11 is 0.